The van der Waals surface area contributed by atoms with Crippen molar-refractivity contribution in [2.24, 2.45) is 0 Å². The van der Waals surface area contributed by atoms with E-state index >= 15 is 0 Å². The van der Waals surface area contributed by atoms with Crippen LogP contribution in [0.4, 0.5) is 15.8 Å². The maximum atomic E-state index is 13.2. The second-order valence-corrected chi connectivity index (χ2v) is 6.60. The van der Waals surface area contributed by atoms with Crippen molar-refractivity contribution in [3.8, 4) is 5.69 Å². The van der Waals surface area contributed by atoms with E-state index in [1.165, 1.54) is 18.3 Å². The quantitative estimate of drug-likeness (QED) is 0.754. The van der Waals surface area contributed by atoms with Crippen LogP contribution in [0.3, 0.4) is 0 Å². The van der Waals surface area contributed by atoms with Crippen molar-refractivity contribution in [1.82, 2.24) is 9.78 Å². The number of carbonyl (C=O) groups excluding carboxylic acids is 1. The molecule has 1 aliphatic heterocycles. The van der Waals surface area contributed by atoms with Crippen LogP contribution in [0.2, 0.25) is 0 Å². The predicted molar refractivity (Wildman–Crippen MR) is 106 cm³/mol. The molecule has 2 heterocycles. The molecule has 1 fully saturated rings. The molecule has 28 heavy (non-hydrogen) atoms. The number of morpholine rings is 1. The Kier molecular flexibility index (Phi) is 5.08. The van der Waals surface area contributed by atoms with E-state index in [-0.39, 0.29) is 11.7 Å². The first-order valence-electron chi connectivity index (χ1n) is 9.17. The van der Waals surface area contributed by atoms with Gasteiger partial charge in [-0.25, -0.2) is 9.07 Å². The molecular weight excluding hydrogens is 359 g/mol. The highest BCUT2D eigenvalue weighted by atomic mass is 19.1. The van der Waals surface area contributed by atoms with Crippen LogP contribution in [-0.2, 0) is 4.74 Å². The molecule has 144 valence electrons. The summed E-state index contributed by atoms with van der Waals surface area (Å²) < 4.78 is 20.2. The normalized spacial score (nSPS) is 14.1. The molecule has 0 spiro atoms. The lowest BCUT2D eigenvalue weighted by molar-refractivity contribution is 0.102. The topological polar surface area (TPSA) is 59.4 Å². The number of hydrogen-bond donors (Lipinski definition) is 1. The highest BCUT2D eigenvalue weighted by Crippen LogP contribution is 2.27. The smallest absolute Gasteiger partial charge is 0.259 e. The summed E-state index contributed by atoms with van der Waals surface area (Å²) in [5.41, 5.74) is 3.59. The van der Waals surface area contributed by atoms with E-state index in [4.69, 9.17) is 4.74 Å². The Morgan fingerprint density at radius 3 is 2.57 bits per heavy atom. The van der Waals surface area contributed by atoms with Gasteiger partial charge in [-0.2, -0.15) is 5.10 Å². The maximum absolute atomic E-state index is 13.2. The summed E-state index contributed by atoms with van der Waals surface area (Å²) in [5, 5.41) is 7.30. The number of benzene rings is 2. The minimum Gasteiger partial charge on any atom is -0.378 e. The van der Waals surface area contributed by atoms with E-state index in [0.717, 1.165) is 24.5 Å². The number of ether oxygens (including phenoxy) is 1. The lowest BCUT2D eigenvalue weighted by Gasteiger charge is -2.30. The summed E-state index contributed by atoms with van der Waals surface area (Å²) in [5.74, 6) is -0.544. The Balaban J connectivity index is 1.57. The monoisotopic (exact) mass is 380 g/mol. The molecule has 0 radical (unpaired) electrons. The number of halogens is 1. The number of para-hydroxylation sites is 2. The van der Waals surface area contributed by atoms with Gasteiger partial charge in [-0.05, 0) is 43.3 Å². The molecule has 1 N–H and O–H groups in total. The summed E-state index contributed by atoms with van der Waals surface area (Å²) in [6.07, 6.45) is 1.53. The highest BCUT2D eigenvalue weighted by Gasteiger charge is 2.19. The minimum absolute atomic E-state index is 0.230. The SMILES string of the molecule is Cc1c(C(=O)Nc2ccccc2N2CCOCC2)cnn1-c1ccc(F)cc1. The van der Waals surface area contributed by atoms with E-state index in [1.54, 1.807) is 16.8 Å². The van der Waals surface area contributed by atoms with Crippen LogP contribution in [0.5, 0.6) is 0 Å². The third-order valence-electron chi connectivity index (χ3n) is 4.83. The van der Waals surface area contributed by atoms with Crippen molar-refractivity contribution in [3.63, 3.8) is 0 Å². The fraction of sp³-hybridized carbons (Fsp3) is 0.238. The van der Waals surface area contributed by atoms with Crippen LogP contribution >= 0.6 is 0 Å². The molecule has 0 bridgehead atoms. The number of anilines is 2. The van der Waals surface area contributed by atoms with Gasteiger partial charge in [0.15, 0.2) is 0 Å². The van der Waals surface area contributed by atoms with Gasteiger partial charge < -0.3 is 15.0 Å². The third kappa shape index (κ3) is 3.61. The molecule has 4 rings (SSSR count). The summed E-state index contributed by atoms with van der Waals surface area (Å²) in [6.45, 7) is 4.74. The van der Waals surface area contributed by atoms with E-state index in [2.05, 4.69) is 15.3 Å². The average molecular weight is 380 g/mol. The molecular formula is C21H21FN4O2. The largest absolute Gasteiger partial charge is 0.378 e. The zero-order valence-corrected chi connectivity index (χ0v) is 15.6. The van der Waals surface area contributed by atoms with Gasteiger partial charge in [0.25, 0.3) is 5.91 Å². The van der Waals surface area contributed by atoms with Gasteiger partial charge in [0, 0.05) is 13.1 Å². The Bertz CT molecular complexity index is 978. The van der Waals surface area contributed by atoms with Gasteiger partial charge in [0.1, 0.15) is 5.82 Å². The first-order chi connectivity index (χ1) is 13.6. The van der Waals surface area contributed by atoms with Gasteiger partial charge in [-0.1, -0.05) is 12.1 Å². The van der Waals surface area contributed by atoms with Crippen molar-refractivity contribution in [2.75, 3.05) is 36.5 Å². The first-order valence-corrected chi connectivity index (χ1v) is 9.17. The zero-order valence-electron chi connectivity index (χ0n) is 15.6. The second-order valence-electron chi connectivity index (χ2n) is 6.60. The molecule has 6 nitrogen and oxygen atoms in total. The van der Waals surface area contributed by atoms with Crippen LogP contribution in [0, 0.1) is 12.7 Å². The van der Waals surface area contributed by atoms with E-state index in [0.29, 0.717) is 30.2 Å². The summed E-state index contributed by atoms with van der Waals surface area (Å²) in [7, 11) is 0. The van der Waals surface area contributed by atoms with Crippen molar-refractivity contribution in [3.05, 3.63) is 71.8 Å². The molecule has 2 aromatic carbocycles. The molecule has 0 saturated carbocycles. The molecule has 1 aromatic heterocycles. The van der Waals surface area contributed by atoms with E-state index in [1.807, 2.05) is 31.2 Å². The molecule has 0 aliphatic carbocycles. The Morgan fingerprint density at radius 1 is 1.11 bits per heavy atom. The van der Waals surface area contributed by atoms with Crippen LogP contribution in [-0.4, -0.2) is 42.0 Å². The van der Waals surface area contributed by atoms with Crippen LogP contribution in [0.1, 0.15) is 16.1 Å². The van der Waals surface area contributed by atoms with Crippen molar-refractivity contribution in [2.45, 2.75) is 6.92 Å². The van der Waals surface area contributed by atoms with E-state index < -0.39 is 0 Å². The molecule has 0 atom stereocenters. The average Bonchev–Trinajstić information content (AvgIpc) is 3.11. The fourth-order valence-corrected chi connectivity index (χ4v) is 3.32. The molecule has 7 heteroatoms. The number of aromatic nitrogens is 2. The number of nitrogens with zero attached hydrogens (tertiary/aromatic N) is 3. The number of amides is 1. The van der Waals surface area contributed by atoms with Crippen molar-refractivity contribution < 1.29 is 13.9 Å². The fourth-order valence-electron chi connectivity index (χ4n) is 3.32. The second kappa shape index (κ2) is 7.82. The van der Waals surface area contributed by atoms with E-state index in [9.17, 15) is 9.18 Å². The zero-order chi connectivity index (χ0) is 19.5. The Hall–Kier alpha value is -3.19. The number of nitrogens with one attached hydrogen (secondary N) is 1. The standard InChI is InChI=1S/C21H21FN4O2/c1-15-18(14-23-26(15)17-8-6-16(22)7-9-17)21(27)24-19-4-2-3-5-20(19)25-10-12-28-13-11-25/h2-9,14H,10-13H2,1H3,(H,24,27). The maximum Gasteiger partial charge on any atom is 0.259 e. The molecule has 1 amide bonds. The Labute approximate surface area is 162 Å². The molecule has 1 aliphatic rings. The van der Waals surface area contributed by atoms with Gasteiger partial charge in [-0.3, -0.25) is 4.79 Å². The molecule has 0 unspecified atom stereocenters. The minimum atomic E-state index is -0.314. The van der Waals surface area contributed by atoms with Crippen molar-refractivity contribution in [1.29, 1.82) is 0 Å². The molecule has 1 saturated heterocycles. The number of hydrogen-bond acceptors (Lipinski definition) is 4. The summed E-state index contributed by atoms with van der Waals surface area (Å²) in [4.78, 5) is 15.1. The van der Waals surface area contributed by atoms with Gasteiger partial charge in [0.2, 0.25) is 0 Å². The first kappa shape index (κ1) is 18.2. The lowest BCUT2D eigenvalue weighted by atomic mass is 10.2. The number of carbonyl (C=O) groups is 1. The van der Waals surface area contributed by atoms with Crippen molar-refractivity contribution >= 4 is 17.3 Å². The lowest BCUT2D eigenvalue weighted by Crippen LogP contribution is -2.36. The summed E-state index contributed by atoms with van der Waals surface area (Å²) in [6, 6.07) is 13.7. The highest BCUT2D eigenvalue weighted by molar-refractivity contribution is 6.06. The summed E-state index contributed by atoms with van der Waals surface area (Å²) >= 11 is 0. The van der Waals surface area contributed by atoms with Crippen LogP contribution < -0.4 is 10.2 Å². The number of rotatable bonds is 4. The van der Waals surface area contributed by atoms with Gasteiger partial charge >= 0.3 is 0 Å². The van der Waals surface area contributed by atoms with Gasteiger partial charge in [0.05, 0.1) is 47.7 Å². The Morgan fingerprint density at radius 2 is 1.82 bits per heavy atom. The van der Waals surface area contributed by atoms with Gasteiger partial charge in [-0.15, -0.1) is 0 Å². The molecule has 3 aromatic rings. The predicted octanol–water partition coefficient (Wildman–Crippen LogP) is 3.41. The van der Waals surface area contributed by atoms with Crippen LogP contribution in [0.25, 0.3) is 5.69 Å². The van der Waals surface area contributed by atoms with Crippen LogP contribution in [0.15, 0.2) is 54.7 Å². The third-order valence-corrected chi connectivity index (χ3v) is 4.83.